The molecule has 4 heteroatoms. The molecule has 0 spiro atoms. The predicted molar refractivity (Wildman–Crippen MR) is 109 cm³/mol. The van der Waals surface area contributed by atoms with Gasteiger partial charge in [-0.1, -0.05) is 62.7 Å². The molecule has 0 saturated heterocycles. The maximum atomic E-state index is 11.1. The molecule has 0 radical (unpaired) electrons. The van der Waals surface area contributed by atoms with Gasteiger partial charge in [-0.2, -0.15) is 0 Å². The van der Waals surface area contributed by atoms with E-state index in [1.165, 1.54) is 38.5 Å². The van der Waals surface area contributed by atoms with E-state index >= 15 is 0 Å². The van der Waals surface area contributed by atoms with Crippen LogP contribution in [0.5, 0.6) is 0 Å². The van der Waals surface area contributed by atoms with Gasteiger partial charge in [0.1, 0.15) is 0 Å². The maximum Gasteiger partial charge on any atom is 0.309 e. The second kappa shape index (κ2) is 18.8. The van der Waals surface area contributed by atoms with E-state index in [-0.39, 0.29) is 19.4 Å². The molecule has 0 aromatic heterocycles. The molecule has 3 N–H and O–H groups in total. The largest absolute Gasteiger partial charge is 0.481 e. The lowest BCUT2D eigenvalue weighted by atomic mass is 9.95. The summed E-state index contributed by atoms with van der Waals surface area (Å²) in [7, 11) is 0. The quantitative estimate of drug-likeness (QED) is 0.359. The van der Waals surface area contributed by atoms with E-state index in [4.69, 9.17) is 10.2 Å². The summed E-state index contributed by atoms with van der Waals surface area (Å²) in [6.07, 6.45) is 9.30. The molecule has 0 fully saturated rings. The summed E-state index contributed by atoms with van der Waals surface area (Å²) in [5.41, 5.74) is 0. The standard InChI is InChI=1S/C23H34O4/c1-2-3-4-5-6-7-8-9-10-11-12-13-14-15-16-17-18-21(23(26)27)22(25)19-20-24/h21-22,24-25H,2-8,11,14,17-20H2,1H3,(H,26,27). The van der Waals surface area contributed by atoms with Crippen molar-refractivity contribution >= 4 is 5.97 Å². The Morgan fingerprint density at radius 1 is 0.815 bits per heavy atom. The Bertz CT molecular complexity index is 562. The van der Waals surface area contributed by atoms with Crippen LogP contribution in [0.1, 0.15) is 84.0 Å². The molecule has 150 valence electrons. The highest BCUT2D eigenvalue weighted by atomic mass is 16.4. The van der Waals surface area contributed by atoms with Crippen LogP contribution in [0, 0.1) is 41.4 Å². The second-order valence-corrected chi connectivity index (χ2v) is 6.50. The number of aliphatic hydroxyl groups excluding tert-OH is 2. The average molecular weight is 375 g/mol. The van der Waals surface area contributed by atoms with E-state index in [0.29, 0.717) is 19.3 Å². The Balaban J connectivity index is 3.83. The van der Waals surface area contributed by atoms with Gasteiger partial charge in [-0.25, -0.2) is 0 Å². The van der Waals surface area contributed by atoms with Crippen molar-refractivity contribution in [1.82, 2.24) is 0 Å². The van der Waals surface area contributed by atoms with Gasteiger partial charge in [0.2, 0.25) is 0 Å². The van der Waals surface area contributed by atoms with E-state index in [1.807, 2.05) is 0 Å². The average Bonchev–Trinajstić information content (AvgIpc) is 2.64. The van der Waals surface area contributed by atoms with Gasteiger partial charge in [-0.3, -0.25) is 4.79 Å². The van der Waals surface area contributed by atoms with Gasteiger partial charge >= 0.3 is 5.97 Å². The third-order valence-electron chi connectivity index (χ3n) is 4.17. The van der Waals surface area contributed by atoms with Crippen molar-refractivity contribution in [3.63, 3.8) is 0 Å². The van der Waals surface area contributed by atoms with E-state index in [2.05, 4.69) is 42.4 Å². The molecule has 0 rings (SSSR count). The van der Waals surface area contributed by atoms with E-state index in [0.717, 1.165) is 6.42 Å². The molecule has 0 saturated carbocycles. The Hall–Kier alpha value is -1.93. The highest BCUT2D eigenvalue weighted by Crippen LogP contribution is 2.14. The first-order valence-electron chi connectivity index (χ1n) is 10.0. The van der Waals surface area contributed by atoms with Gasteiger partial charge in [-0.15, -0.1) is 11.8 Å². The number of carboxylic acids is 1. The van der Waals surface area contributed by atoms with Crippen molar-refractivity contribution in [2.24, 2.45) is 5.92 Å². The molecule has 0 aromatic rings. The highest BCUT2D eigenvalue weighted by Gasteiger charge is 2.25. The summed E-state index contributed by atoms with van der Waals surface area (Å²) in [6, 6.07) is 0. The van der Waals surface area contributed by atoms with Gasteiger partial charge < -0.3 is 15.3 Å². The topological polar surface area (TPSA) is 77.8 Å². The van der Waals surface area contributed by atoms with Crippen molar-refractivity contribution in [2.45, 2.75) is 90.1 Å². The molecular formula is C23H34O4. The minimum absolute atomic E-state index is 0.0652. The van der Waals surface area contributed by atoms with Gasteiger partial charge in [0.15, 0.2) is 0 Å². The van der Waals surface area contributed by atoms with E-state index in [1.54, 1.807) is 0 Å². The lowest BCUT2D eigenvalue weighted by Gasteiger charge is -2.16. The Kier molecular flexibility index (Phi) is 17.5. The van der Waals surface area contributed by atoms with Gasteiger partial charge in [-0.05, 0) is 19.3 Å². The molecule has 0 heterocycles. The van der Waals surface area contributed by atoms with Crippen molar-refractivity contribution in [2.75, 3.05) is 6.61 Å². The zero-order chi connectivity index (χ0) is 20.2. The Morgan fingerprint density at radius 3 is 1.96 bits per heavy atom. The van der Waals surface area contributed by atoms with Crippen molar-refractivity contribution < 1.29 is 20.1 Å². The minimum Gasteiger partial charge on any atom is -0.481 e. The molecule has 2 unspecified atom stereocenters. The van der Waals surface area contributed by atoms with Gasteiger partial charge in [0, 0.05) is 19.4 Å². The first-order valence-corrected chi connectivity index (χ1v) is 10.0. The summed E-state index contributed by atoms with van der Waals surface area (Å²) >= 11 is 0. The fourth-order valence-corrected chi connectivity index (χ4v) is 2.55. The molecule has 2 atom stereocenters. The molecule has 0 bridgehead atoms. The molecule has 0 aromatic carbocycles. The highest BCUT2D eigenvalue weighted by molar-refractivity contribution is 5.70. The third-order valence-corrected chi connectivity index (χ3v) is 4.17. The predicted octanol–water partition coefficient (Wildman–Crippen LogP) is 3.75. The molecule has 0 amide bonds. The fraction of sp³-hybridized carbons (Fsp3) is 0.696. The van der Waals surface area contributed by atoms with E-state index in [9.17, 15) is 9.90 Å². The van der Waals surface area contributed by atoms with Crippen LogP contribution < -0.4 is 0 Å². The molecule has 0 aliphatic carbocycles. The number of aliphatic carboxylic acids is 1. The number of hydrogen-bond acceptors (Lipinski definition) is 3. The smallest absolute Gasteiger partial charge is 0.309 e. The normalized spacial score (nSPS) is 11.8. The zero-order valence-corrected chi connectivity index (χ0v) is 16.6. The van der Waals surface area contributed by atoms with E-state index < -0.39 is 18.0 Å². The van der Waals surface area contributed by atoms with Crippen molar-refractivity contribution in [3.8, 4) is 35.5 Å². The molecule has 4 nitrogen and oxygen atoms in total. The first kappa shape index (κ1) is 25.1. The van der Waals surface area contributed by atoms with Crippen LogP contribution in [-0.4, -0.2) is 34.0 Å². The number of carboxylic acid groups (broad SMARTS) is 1. The van der Waals surface area contributed by atoms with Crippen LogP contribution >= 0.6 is 0 Å². The van der Waals surface area contributed by atoms with Crippen LogP contribution in [0.15, 0.2) is 0 Å². The molecule has 0 aliphatic rings. The van der Waals surface area contributed by atoms with Crippen molar-refractivity contribution in [1.29, 1.82) is 0 Å². The Morgan fingerprint density at radius 2 is 1.37 bits per heavy atom. The molecule has 0 aliphatic heterocycles. The number of hydrogen-bond donors (Lipinski definition) is 3. The molecule has 27 heavy (non-hydrogen) atoms. The van der Waals surface area contributed by atoms with Crippen LogP contribution in [0.25, 0.3) is 0 Å². The maximum absolute atomic E-state index is 11.1. The summed E-state index contributed by atoms with van der Waals surface area (Å²) in [6.45, 7) is 1.99. The third kappa shape index (κ3) is 16.0. The minimum atomic E-state index is -1.06. The summed E-state index contributed by atoms with van der Waals surface area (Å²) in [4.78, 5) is 11.1. The SMILES string of the molecule is CCCCCCCCC#CCC#CCC#CCCC(C(=O)O)C(O)CCO. The van der Waals surface area contributed by atoms with Crippen LogP contribution in [0.2, 0.25) is 0 Å². The first-order chi connectivity index (χ1) is 13.1. The Labute approximate surface area is 164 Å². The number of carbonyl (C=O) groups is 1. The second-order valence-electron chi connectivity index (χ2n) is 6.50. The lowest BCUT2D eigenvalue weighted by Crippen LogP contribution is -2.28. The van der Waals surface area contributed by atoms with Gasteiger partial charge in [0.05, 0.1) is 24.9 Å². The van der Waals surface area contributed by atoms with Crippen molar-refractivity contribution in [3.05, 3.63) is 0 Å². The number of aliphatic hydroxyl groups is 2. The summed E-state index contributed by atoms with van der Waals surface area (Å²) in [5, 5.41) is 27.5. The number of rotatable bonds is 12. The van der Waals surface area contributed by atoms with Gasteiger partial charge in [0.25, 0.3) is 0 Å². The number of unbranched alkanes of at least 4 members (excludes halogenated alkanes) is 6. The summed E-state index contributed by atoms with van der Waals surface area (Å²) in [5.74, 6) is 15.9. The monoisotopic (exact) mass is 374 g/mol. The molecular weight excluding hydrogens is 340 g/mol. The van der Waals surface area contributed by atoms with Crippen LogP contribution in [0.3, 0.4) is 0 Å². The van der Waals surface area contributed by atoms with Crippen LogP contribution in [-0.2, 0) is 4.79 Å². The zero-order valence-electron chi connectivity index (χ0n) is 16.6. The summed E-state index contributed by atoms with van der Waals surface area (Å²) < 4.78 is 0. The lowest BCUT2D eigenvalue weighted by molar-refractivity contribution is -0.146. The van der Waals surface area contributed by atoms with Crippen LogP contribution in [0.4, 0.5) is 0 Å². The fourth-order valence-electron chi connectivity index (χ4n) is 2.55.